The molecule has 0 saturated heterocycles. The Hall–Kier alpha value is -1.35. The summed E-state index contributed by atoms with van der Waals surface area (Å²) in [5.74, 6) is 0.220. The summed E-state index contributed by atoms with van der Waals surface area (Å²) in [6, 6.07) is 11.4. The Kier molecular flexibility index (Phi) is 6.74. The molecule has 1 aromatic rings. The van der Waals surface area contributed by atoms with E-state index in [9.17, 15) is 4.79 Å². The normalized spacial score (nSPS) is 22.0. The van der Waals surface area contributed by atoms with Gasteiger partial charge in [0.25, 0.3) is 0 Å². The van der Waals surface area contributed by atoms with Gasteiger partial charge in [-0.25, -0.2) is 0 Å². The Labute approximate surface area is 128 Å². The number of benzene rings is 1. The maximum Gasteiger partial charge on any atom is 0.220 e. The van der Waals surface area contributed by atoms with Crippen LogP contribution in [0.3, 0.4) is 0 Å². The van der Waals surface area contributed by atoms with E-state index in [0.717, 1.165) is 32.2 Å². The molecule has 0 aromatic heterocycles. The third kappa shape index (κ3) is 5.88. The molecule has 0 unspecified atom stereocenters. The molecule has 1 aliphatic rings. The molecule has 2 N–H and O–H groups in total. The van der Waals surface area contributed by atoms with E-state index in [1.54, 1.807) is 0 Å². The molecule has 0 atom stereocenters. The van der Waals surface area contributed by atoms with Crippen LogP contribution in [0, 0.1) is 0 Å². The van der Waals surface area contributed by atoms with Gasteiger partial charge in [-0.1, -0.05) is 37.3 Å². The maximum atomic E-state index is 12.0. The molecule has 0 spiro atoms. The lowest BCUT2D eigenvalue weighted by Gasteiger charge is -2.29. The molecular weight excluding hydrogens is 260 g/mol. The standard InChI is InChI=1S/C18H28N2O/c1-2-19-16-11-13-17(14-12-16)20-18(21)10-6-9-15-7-4-3-5-8-15/h3-5,7-8,16-17,19H,2,6,9-14H2,1H3,(H,20,21). The molecule has 1 aliphatic carbocycles. The molecule has 0 heterocycles. The molecule has 116 valence electrons. The third-order valence-electron chi connectivity index (χ3n) is 4.30. The fourth-order valence-electron chi connectivity index (χ4n) is 3.13. The van der Waals surface area contributed by atoms with E-state index in [0.29, 0.717) is 18.5 Å². The average Bonchev–Trinajstić information content (AvgIpc) is 2.51. The molecule has 0 radical (unpaired) electrons. The van der Waals surface area contributed by atoms with Crippen molar-refractivity contribution in [2.45, 2.75) is 64.0 Å². The first-order valence-electron chi connectivity index (χ1n) is 8.34. The van der Waals surface area contributed by atoms with Crippen molar-refractivity contribution in [3.05, 3.63) is 35.9 Å². The molecule has 3 nitrogen and oxygen atoms in total. The molecule has 3 heteroatoms. The van der Waals surface area contributed by atoms with Crippen LogP contribution in [0.25, 0.3) is 0 Å². The molecule has 1 saturated carbocycles. The second-order valence-corrected chi connectivity index (χ2v) is 6.01. The van der Waals surface area contributed by atoms with Crippen molar-refractivity contribution >= 4 is 5.91 Å². The highest BCUT2D eigenvalue weighted by Crippen LogP contribution is 2.18. The van der Waals surface area contributed by atoms with E-state index < -0.39 is 0 Å². The predicted octanol–water partition coefficient (Wildman–Crippen LogP) is 3.05. The van der Waals surface area contributed by atoms with Crippen LogP contribution in [0.4, 0.5) is 0 Å². The Morgan fingerprint density at radius 3 is 2.43 bits per heavy atom. The van der Waals surface area contributed by atoms with Crippen molar-refractivity contribution < 1.29 is 4.79 Å². The largest absolute Gasteiger partial charge is 0.353 e. The molecule has 21 heavy (non-hydrogen) atoms. The highest BCUT2D eigenvalue weighted by molar-refractivity contribution is 5.76. The Morgan fingerprint density at radius 1 is 1.10 bits per heavy atom. The minimum absolute atomic E-state index is 0.220. The Morgan fingerprint density at radius 2 is 1.76 bits per heavy atom. The molecule has 1 fully saturated rings. The van der Waals surface area contributed by atoms with Crippen molar-refractivity contribution in [1.29, 1.82) is 0 Å². The Balaban J connectivity index is 1.60. The van der Waals surface area contributed by atoms with Gasteiger partial charge in [0.2, 0.25) is 5.91 Å². The quantitative estimate of drug-likeness (QED) is 0.809. The van der Waals surface area contributed by atoms with Crippen LogP contribution in [-0.2, 0) is 11.2 Å². The second kappa shape index (κ2) is 8.83. The van der Waals surface area contributed by atoms with Gasteiger partial charge in [0.15, 0.2) is 0 Å². The molecule has 0 aliphatic heterocycles. The van der Waals surface area contributed by atoms with Gasteiger partial charge >= 0.3 is 0 Å². The number of carbonyl (C=O) groups is 1. The van der Waals surface area contributed by atoms with Crippen LogP contribution in [-0.4, -0.2) is 24.5 Å². The van der Waals surface area contributed by atoms with Crippen LogP contribution in [0.5, 0.6) is 0 Å². The number of amides is 1. The summed E-state index contributed by atoms with van der Waals surface area (Å²) in [6.45, 7) is 3.20. The van der Waals surface area contributed by atoms with E-state index in [-0.39, 0.29) is 5.91 Å². The highest BCUT2D eigenvalue weighted by atomic mass is 16.1. The first-order chi connectivity index (χ1) is 10.3. The van der Waals surface area contributed by atoms with E-state index in [2.05, 4.69) is 41.8 Å². The first kappa shape index (κ1) is 16.0. The SMILES string of the molecule is CCNC1CCC(NC(=O)CCCc2ccccc2)CC1. The van der Waals surface area contributed by atoms with Crippen LogP contribution in [0.15, 0.2) is 30.3 Å². The van der Waals surface area contributed by atoms with Crippen LogP contribution < -0.4 is 10.6 Å². The van der Waals surface area contributed by atoms with Gasteiger partial charge in [-0.05, 0) is 50.6 Å². The summed E-state index contributed by atoms with van der Waals surface area (Å²) in [7, 11) is 0. The maximum absolute atomic E-state index is 12.0. The van der Waals surface area contributed by atoms with Crippen LogP contribution in [0.1, 0.15) is 51.0 Å². The lowest BCUT2D eigenvalue weighted by atomic mass is 9.91. The topological polar surface area (TPSA) is 41.1 Å². The van der Waals surface area contributed by atoms with E-state index in [1.165, 1.54) is 18.4 Å². The zero-order valence-corrected chi connectivity index (χ0v) is 13.1. The van der Waals surface area contributed by atoms with Crippen LogP contribution >= 0.6 is 0 Å². The summed E-state index contributed by atoms with van der Waals surface area (Å²) >= 11 is 0. The fourth-order valence-corrected chi connectivity index (χ4v) is 3.13. The average molecular weight is 288 g/mol. The van der Waals surface area contributed by atoms with E-state index in [4.69, 9.17) is 0 Å². The van der Waals surface area contributed by atoms with E-state index in [1.807, 2.05) is 6.07 Å². The fraction of sp³-hybridized carbons (Fsp3) is 0.611. The number of hydrogen-bond donors (Lipinski definition) is 2. The number of carbonyl (C=O) groups excluding carboxylic acids is 1. The second-order valence-electron chi connectivity index (χ2n) is 6.01. The zero-order chi connectivity index (χ0) is 14.9. The number of aryl methyl sites for hydroxylation is 1. The van der Waals surface area contributed by atoms with Crippen molar-refractivity contribution in [3.8, 4) is 0 Å². The number of rotatable bonds is 7. The van der Waals surface area contributed by atoms with Gasteiger partial charge < -0.3 is 10.6 Å². The van der Waals surface area contributed by atoms with Crippen molar-refractivity contribution in [2.75, 3.05) is 6.54 Å². The Bertz CT molecular complexity index is 410. The van der Waals surface area contributed by atoms with Gasteiger partial charge in [-0.3, -0.25) is 4.79 Å². The number of nitrogens with one attached hydrogen (secondary N) is 2. The van der Waals surface area contributed by atoms with Crippen molar-refractivity contribution in [2.24, 2.45) is 0 Å². The first-order valence-corrected chi connectivity index (χ1v) is 8.34. The monoisotopic (exact) mass is 288 g/mol. The molecule has 1 aromatic carbocycles. The smallest absolute Gasteiger partial charge is 0.220 e. The predicted molar refractivity (Wildman–Crippen MR) is 87.2 cm³/mol. The molecule has 0 bridgehead atoms. The lowest BCUT2D eigenvalue weighted by Crippen LogP contribution is -2.42. The highest BCUT2D eigenvalue weighted by Gasteiger charge is 2.21. The van der Waals surface area contributed by atoms with Gasteiger partial charge in [0.1, 0.15) is 0 Å². The summed E-state index contributed by atoms with van der Waals surface area (Å²) < 4.78 is 0. The summed E-state index contributed by atoms with van der Waals surface area (Å²) in [6.07, 6.45) is 7.15. The van der Waals surface area contributed by atoms with Crippen molar-refractivity contribution in [3.63, 3.8) is 0 Å². The van der Waals surface area contributed by atoms with Gasteiger partial charge in [0, 0.05) is 18.5 Å². The van der Waals surface area contributed by atoms with E-state index >= 15 is 0 Å². The summed E-state index contributed by atoms with van der Waals surface area (Å²) in [4.78, 5) is 12.0. The van der Waals surface area contributed by atoms with Crippen molar-refractivity contribution in [1.82, 2.24) is 10.6 Å². The van der Waals surface area contributed by atoms with Crippen LogP contribution in [0.2, 0.25) is 0 Å². The molecular formula is C18H28N2O. The van der Waals surface area contributed by atoms with Gasteiger partial charge in [-0.2, -0.15) is 0 Å². The van der Waals surface area contributed by atoms with Gasteiger partial charge in [0.05, 0.1) is 0 Å². The summed E-state index contributed by atoms with van der Waals surface area (Å²) in [5.41, 5.74) is 1.32. The molecule has 2 rings (SSSR count). The molecule has 1 amide bonds. The number of hydrogen-bond acceptors (Lipinski definition) is 2. The zero-order valence-electron chi connectivity index (χ0n) is 13.1. The lowest BCUT2D eigenvalue weighted by molar-refractivity contribution is -0.122. The minimum atomic E-state index is 0.220. The van der Waals surface area contributed by atoms with Gasteiger partial charge in [-0.15, -0.1) is 0 Å². The third-order valence-corrected chi connectivity index (χ3v) is 4.30. The summed E-state index contributed by atoms with van der Waals surface area (Å²) in [5, 5.41) is 6.70. The minimum Gasteiger partial charge on any atom is -0.353 e.